The highest BCUT2D eigenvalue weighted by Crippen LogP contribution is 2.11. The highest BCUT2D eigenvalue weighted by Gasteiger charge is 2.02. The summed E-state index contributed by atoms with van der Waals surface area (Å²) in [6, 6.07) is 1.74. The minimum atomic E-state index is 0.259. The normalized spacial score (nSPS) is 10.2. The number of nitrogens with zero attached hydrogens (tertiary/aromatic N) is 2. The Balaban J connectivity index is 2.53. The van der Waals surface area contributed by atoms with Crippen molar-refractivity contribution >= 4 is 12.2 Å². The Morgan fingerprint density at radius 1 is 1.45 bits per heavy atom. The van der Waals surface area contributed by atoms with Crippen molar-refractivity contribution in [2.24, 2.45) is 0 Å². The van der Waals surface area contributed by atoms with Gasteiger partial charge in [-0.3, -0.25) is 5.10 Å². The first-order valence-corrected chi connectivity index (χ1v) is 3.32. The monoisotopic (exact) mass is 168 g/mol. The van der Waals surface area contributed by atoms with Crippen molar-refractivity contribution in [3.8, 4) is 11.6 Å². The molecule has 5 nitrogen and oxygen atoms in total. The lowest BCUT2D eigenvalue weighted by Crippen LogP contribution is -1.76. The highest BCUT2D eigenvalue weighted by molar-refractivity contribution is 7.71. The Morgan fingerprint density at radius 2 is 2.36 bits per heavy atom. The number of aromatic amines is 2. The second kappa shape index (κ2) is 2.31. The van der Waals surface area contributed by atoms with E-state index in [2.05, 4.69) is 32.6 Å². The largest absolute Gasteiger partial charge is 0.408 e. The maximum Gasteiger partial charge on any atom is 0.284 e. The van der Waals surface area contributed by atoms with E-state index in [4.69, 9.17) is 4.42 Å². The van der Waals surface area contributed by atoms with Crippen LogP contribution < -0.4 is 0 Å². The Kier molecular flexibility index (Phi) is 1.32. The molecule has 6 heteroatoms. The standard InChI is InChI=1S/C5H4N4OS/c11-5-9-8-4(10-5)3-1-2-6-7-3/h1-2H,(H,6,7)(H,9,11). The van der Waals surface area contributed by atoms with E-state index in [0.717, 1.165) is 0 Å². The van der Waals surface area contributed by atoms with Gasteiger partial charge in [-0.15, -0.1) is 5.10 Å². The fraction of sp³-hybridized carbons (Fsp3) is 0. The van der Waals surface area contributed by atoms with Crippen LogP contribution in [-0.2, 0) is 0 Å². The first-order valence-electron chi connectivity index (χ1n) is 2.91. The molecule has 0 radical (unpaired) electrons. The predicted octanol–water partition coefficient (Wildman–Crippen LogP) is 1.12. The fourth-order valence-electron chi connectivity index (χ4n) is 0.720. The Labute approximate surface area is 66.4 Å². The SMILES string of the molecule is S=c1[nH]nc(-c2ccn[nH]2)o1. The van der Waals surface area contributed by atoms with Crippen LogP contribution in [0.5, 0.6) is 0 Å². The third-order valence-electron chi connectivity index (χ3n) is 1.17. The van der Waals surface area contributed by atoms with Gasteiger partial charge in [0.1, 0.15) is 5.69 Å². The van der Waals surface area contributed by atoms with Crippen molar-refractivity contribution in [1.82, 2.24) is 20.4 Å². The molecular formula is C5H4N4OS. The van der Waals surface area contributed by atoms with Crippen molar-refractivity contribution in [3.05, 3.63) is 17.1 Å². The molecule has 2 rings (SSSR count). The zero-order valence-corrected chi connectivity index (χ0v) is 6.18. The van der Waals surface area contributed by atoms with Gasteiger partial charge < -0.3 is 4.42 Å². The summed E-state index contributed by atoms with van der Waals surface area (Å²) in [5, 5.41) is 12.7. The molecule has 0 aliphatic heterocycles. The van der Waals surface area contributed by atoms with Gasteiger partial charge in [-0.1, -0.05) is 0 Å². The zero-order chi connectivity index (χ0) is 7.68. The molecule has 2 aromatic heterocycles. The molecule has 0 saturated heterocycles. The molecule has 0 bridgehead atoms. The lowest BCUT2D eigenvalue weighted by atomic mass is 10.4. The van der Waals surface area contributed by atoms with Crippen LogP contribution in [0.3, 0.4) is 0 Å². The van der Waals surface area contributed by atoms with Gasteiger partial charge in [0.2, 0.25) is 0 Å². The van der Waals surface area contributed by atoms with Crippen LogP contribution in [0.2, 0.25) is 0 Å². The summed E-state index contributed by atoms with van der Waals surface area (Å²) < 4.78 is 5.00. The number of aromatic nitrogens is 4. The van der Waals surface area contributed by atoms with Gasteiger partial charge in [0.15, 0.2) is 0 Å². The summed E-state index contributed by atoms with van der Waals surface area (Å²) in [4.78, 5) is 0.259. The average Bonchev–Trinajstić information content (AvgIpc) is 2.55. The van der Waals surface area contributed by atoms with E-state index in [1.165, 1.54) is 0 Å². The highest BCUT2D eigenvalue weighted by atomic mass is 32.1. The van der Waals surface area contributed by atoms with Crippen LogP contribution in [0, 0.1) is 4.84 Å². The molecule has 0 fully saturated rings. The quantitative estimate of drug-likeness (QED) is 0.626. The summed E-state index contributed by atoms with van der Waals surface area (Å²) in [7, 11) is 0. The van der Waals surface area contributed by atoms with Crippen molar-refractivity contribution < 1.29 is 4.42 Å². The van der Waals surface area contributed by atoms with Gasteiger partial charge in [0.25, 0.3) is 10.7 Å². The summed E-state index contributed by atoms with van der Waals surface area (Å²) >= 11 is 4.69. The number of nitrogens with one attached hydrogen (secondary N) is 2. The van der Waals surface area contributed by atoms with E-state index in [0.29, 0.717) is 11.6 Å². The minimum absolute atomic E-state index is 0.259. The van der Waals surface area contributed by atoms with Crippen molar-refractivity contribution in [3.63, 3.8) is 0 Å². The second-order valence-electron chi connectivity index (χ2n) is 1.89. The van der Waals surface area contributed by atoms with Crippen LogP contribution in [0.25, 0.3) is 11.6 Å². The maximum atomic E-state index is 5.00. The lowest BCUT2D eigenvalue weighted by Gasteiger charge is -1.81. The summed E-state index contributed by atoms with van der Waals surface area (Å²) in [5.74, 6) is 0.424. The van der Waals surface area contributed by atoms with E-state index in [1.807, 2.05) is 0 Å². The van der Waals surface area contributed by atoms with Gasteiger partial charge in [0.05, 0.1) is 0 Å². The van der Waals surface area contributed by atoms with Gasteiger partial charge in [-0.25, -0.2) is 5.10 Å². The molecule has 0 aliphatic carbocycles. The zero-order valence-electron chi connectivity index (χ0n) is 5.37. The second-order valence-corrected chi connectivity index (χ2v) is 2.26. The van der Waals surface area contributed by atoms with Gasteiger partial charge in [-0.05, 0) is 18.3 Å². The van der Waals surface area contributed by atoms with Crippen LogP contribution in [0.4, 0.5) is 0 Å². The molecule has 2 heterocycles. The van der Waals surface area contributed by atoms with E-state index in [9.17, 15) is 0 Å². The molecule has 2 aromatic rings. The number of rotatable bonds is 1. The van der Waals surface area contributed by atoms with Crippen LogP contribution in [0.1, 0.15) is 0 Å². The summed E-state index contributed by atoms with van der Waals surface area (Å²) in [5.41, 5.74) is 0.706. The molecule has 0 amide bonds. The molecule has 11 heavy (non-hydrogen) atoms. The number of H-pyrrole nitrogens is 2. The van der Waals surface area contributed by atoms with Crippen LogP contribution in [-0.4, -0.2) is 20.4 Å². The molecule has 0 aliphatic rings. The first-order chi connectivity index (χ1) is 5.36. The molecule has 0 unspecified atom stereocenters. The first kappa shape index (κ1) is 6.29. The predicted molar refractivity (Wildman–Crippen MR) is 39.3 cm³/mol. The fourth-order valence-corrected chi connectivity index (χ4v) is 0.845. The lowest BCUT2D eigenvalue weighted by molar-refractivity contribution is 0.549. The van der Waals surface area contributed by atoms with E-state index in [-0.39, 0.29) is 4.84 Å². The smallest absolute Gasteiger partial charge is 0.284 e. The Hall–Kier alpha value is -1.43. The summed E-state index contributed by atoms with van der Waals surface area (Å²) in [6.45, 7) is 0. The topological polar surface area (TPSA) is 70.5 Å². The molecule has 0 spiro atoms. The Bertz CT molecular complexity index is 387. The third-order valence-corrected chi connectivity index (χ3v) is 1.34. The van der Waals surface area contributed by atoms with Crippen LogP contribution >= 0.6 is 12.2 Å². The van der Waals surface area contributed by atoms with Gasteiger partial charge >= 0.3 is 0 Å². The Morgan fingerprint density at radius 3 is 2.91 bits per heavy atom. The third kappa shape index (κ3) is 1.07. The van der Waals surface area contributed by atoms with E-state index < -0.39 is 0 Å². The minimum Gasteiger partial charge on any atom is -0.408 e. The molecular weight excluding hydrogens is 164 g/mol. The van der Waals surface area contributed by atoms with Gasteiger partial charge in [0, 0.05) is 6.20 Å². The molecule has 56 valence electrons. The van der Waals surface area contributed by atoms with Gasteiger partial charge in [-0.2, -0.15) is 5.10 Å². The molecule has 0 atom stereocenters. The molecule has 0 saturated carbocycles. The van der Waals surface area contributed by atoms with E-state index in [1.54, 1.807) is 12.3 Å². The summed E-state index contributed by atoms with van der Waals surface area (Å²) in [6.07, 6.45) is 1.61. The maximum absolute atomic E-state index is 5.00. The van der Waals surface area contributed by atoms with Crippen LogP contribution in [0.15, 0.2) is 16.7 Å². The van der Waals surface area contributed by atoms with E-state index >= 15 is 0 Å². The van der Waals surface area contributed by atoms with Crippen molar-refractivity contribution in [2.45, 2.75) is 0 Å². The average molecular weight is 168 g/mol. The number of hydrogen-bond donors (Lipinski definition) is 2. The van der Waals surface area contributed by atoms with Crippen molar-refractivity contribution in [2.75, 3.05) is 0 Å². The molecule has 2 N–H and O–H groups in total. The molecule has 0 aromatic carbocycles. The van der Waals surface area contributed by atoms with Crippen molar-refractivity contribution in [1.29, 1.82) is 0 Å². The number of hydrogen-bond acceptors (Lipinski definition) is 4.